The summed E-state index contributed by atoms with van der Waals surface area (Å²) in [7, 11) is 0. The number of rotatable bonds is 7. The highest BCUT2D eigenvalue weighted by Crippen LogP contribution is 2.13. The molecule has 0 bridgehead atoms. The van der Waals surface area contributed by atoms with Crippen molar-refractivity contribution in [1.82, 2.24) is 14.9 Å². The zero-order valence-corrected chi connectivity index (χ0v) is 17.9. The molecule has 0 atom stereocenters. The van der Waals surface area contributed by atoms with Crippen molar-refractivity contribution >= 4 is 28.4 Å². The molecule has 0 fully saturated rings. The number of nitrogens with one attached hydrogen (secondary N) is 3. The van der Waals surface area contributed by atoms with E-state index in [-0.39, 0.29) is 36.2 Å². The number of anilines is 1. The fraction of sp³-hybridized carbons (Fsp3) is 0.167. The van der Waals surface area contributed by atoms with E-state index in [1.165, 1.54) is 6.26 Å². The van der Waals surface area contributed by atoms with E-state index in [1.807, 2.05) is 6.92 Å². The van der Waals surface area contributed by atoms with E-state index in [2.05, 4.69) is 15.6 Å². The number of carbonyl (C=O) groups is 2. The minimum Gasteiger partial charge on any atom is -0.459 e. The van der Waals surface area contributed by atoms with Crippen LogP contribution in [0.3, 0.4) is 0 Å². The number of benzene rings is 2. The summed E-state index contributed by atoms with van der Waals surface area (Å²) in [6.07, 6.45) is 1.90. The van der Waals surface area contributed by atoms with Crippen LogP contribution in [0, 0.1) is 6.92 Å². The zero-order valence-electron chi connectivity index (χ0n) is 17.9. The Labute approximate surface area is 188 Å². The first kappa shape index (κ1) is 21.8. The molecular formula is C24H22N4O5. The number of carbonyl (C=O) groups excluding carboxylic acids is 2. The molecule has 9 heteroatoms. The number of H-pyrrole nitrogens is 1. The number of nitrogens with zero attached hydrogens (tertiary/aromatic N) is 1. The highest BCUT2D eigenvalue weighted by atomic mass is 16.3. The average Bonchev–Trinajstić information content (AvgIpc) is 3.25. The highest BCUT2D eigenvalue weighted by Gasteiger charge is 2.11. The second kappa shape index (κ2) is 9.39. The zero-order chi connectivity index (χ0) is 23.4. The molecule has 0 aliphatic rings. The van der Waals surface area contributed by atoms with Gasteiger partial charge in [0, 0.05) is 24.3 Å². The molecule has 2 aromatic heterocycles. The van der Waals surface area contributed by atoms with Crippen molar-refractivity contribution in [2.75, 3.05) is 11.9 Å². The van der Waals surface area contributed by atoms with E-state index in [9.17, 15) is 19.2 Å². The molecule has 0 radical (unpaired) electrons. The van der Waals surface area contributed by atoms with Crippen molar-refractivity contribution in [2.45, 2.75) is 19.9 Å². The Morgan fingerprint density at radius 3 is 2.52 bits per heavy atom. The third kappa shape index (κ3) is 4.93. The average molecular weight is 446 g/mol. The lowest BCUT2D eigenvalue weighted by Crippen LogP contribution is -2.36. The molecule has 2 aromatic carbocycles. The normalized spacial score (nSPS) is 10.8. The van der Waals surface area contributed by atoms with Crippen molar-refractivity contribution in [1.29, 1.82) is 0 Å². The van der Waals surface area contributed by atoms with E-state index in [0.717, 1.165) is 10.1 Å². The monoisotopic (exact) mass is 446 g/mol. The third-order valence-corrected chi connectivity index (χ3v) is 5.09. The highest BCUT2D eigenvalue weighted by molar-refractivity contribution is 6.02. The van der Waals surface area contributed by atoms with Crippen LogP contribution in [0.5, 0.6) is 0 Å². The van der Waals surface area contributed by atoms with E-state index in [1.54, 1.807) is 54.6 Å². The molecule has 9 nitrogen and oxygen atoms in total. The first-order chi connectivity index (χ1) is 15.9. The van der Waals surface area contributed by atoms with Gasteiger partial charge < -0.3 is 20.0 Å². The van der Waals surface area contributed by atoms with Crippen molar-refractivity contribution in [3.05, 3.63) is 98.6 Å². The molecule has 0 unspecified atom stereocenters. The molecular weight excluding hydrogens is 424 g/mol. The lowest BCUT2D eigenvalue weighted by molar-refractivity contribution is 0.0951. The van der Waals surface area contributed by atoms with Crippen LogP contribution < -0.4 is 21.9 Å². The van der Waals surface area contributed by atoms with Gasteiger partial charge in [-0.05, 0) is 61.4 Å². The molecule has 0 aliphatic heterocycles. The number of aromatic amines is 1. The summed E-state index contributed by atoms with van der Waals surface area (Å²) in [5.41, 5.74) is 1.46. The summed E-state index contributed by atoms with van der Waals surface area (Å²) >= 11 is 0. The summed E-state index contributed by atoms with van der Waals surface area (Å²) in [6, 6.07) is 14.9. The molecule has 168 valence electrons. The summed E-state index contributed by atoms with van der Waals surface area (Å²) in [5, 5.41) is 5.91. The van der Waals surface area contributed by atoms with Crippen LogP contribution in [-0.2, 0) is 6.54 Å². The molecule has 0 saturated carbocycles. The van der Waals surface area contributed by atoms with Crippen LogP contribution in [0.15, 0.2) is 74.9 Å². The number of para-hydroxylation sites is 1. The molecule has 0 aliphatic carbocycles. The predicted molar refractivity (Wildman–Crippen MR) is 124 cm³/mol. The van der Waals surface area contributed by atoms with Crippen molar-refractivity contribution < 1.29 is 14.0 Å². The molecule has 33 heavy (non-hydrogen) atoms. The van der Waals surface area contributed by atoms with Gasteiger partial charge in [-0.15, -0.1) is 0 Å². The molecule has 2 amide bonds. The first-order valence-electron chi connectivity index (χ1n) is 10.4. The van der Waals surface area contributed by atoms with Crippen LogP contribution in [0.1, 0.15) is 32.9 Å². The summed E-state index contributed by atoms with van der Waals surface area (Å²) in [4.78, 5) is 51.9. The van der Waals surface area contributed by atoms with Crippen molar-refractivity contribution in [2.24, 2.45) is 0 Å². The summed E-state index contributed by atoms with van der Waals surface area (Å²) in [5.74, 6) is -0.466. The third-order valence-electron chi connectivity index (χ3n) is 5.09. The smallest absolute Gasteiger partial charge is 0.328 e. The van der Waals surface area contributed by atoms with Gasteiger partial charge in [0.15, 0.2) is 5.76 Å². The first-order valence-corrected chi connectivity index (χ1v) is 10.4. The molecule has 3 N–H and O–H groups in total. The Bertz CT molecular complexity index is 1430. The van der Waals surface area contributed by atoms with Crippen LogP contribution >= 0.6 is 0 Å². The largest absolute Gasteiger partial charge is 0.459 e. The standard InChI is InChI=1S/C24H22N4O5/c1-15-13-20(33-14-15)22(30)26-17-9-7-16(8-10-17)21(29)25-11-4-12-28-23(31)18-5-2-3-6-19(18)27-24(28)32/h2-3,5-10,13-14H,4,11-12H2,1H3,(H,25,29)(H,26,30)(H,27,32). The quantitative estimate of drug-likeness (QED) is 0.376. The Morgan fingerprint density at radius 1 is 1.03 bits per heavy atom. The second-order valence-corrected chi connectivity index (χ2v) is 7.56. The fourth-order valence-corrected chi connectivity index (χ4v) is 3.39. The summed E-state index contributed by atoms with van der Waals surface area (Å²) in [6.45, 7) is 2.29. The van der Waals surface area contributed by atoms with Gasteiger partial charge in [-0.1, -0.05) is 12.1 Å². The molecule has 2 heterocycles. The fourth-order valence-electron chi connectivity index (χ4n) is 3.39. The van der Waals surface area contributed by atoms with Crippen LogP contribution in [0.25, 0.3) is 10.9 Å². The van der Waals surface area contributed by atoms with Crippen molar-refractivity contribution in [3.8, 4) is 0 Å². The number of fused-ring (bicyclic) bond motifs is 1. The summed E-state index contributed by atoms with van der Waals surface area (Å²) < 4.78 is 6.30. The molecule has 4 aromatic rings. The van der Waals surface area contributed by atoms with Gasteiger partial charge in [0.05, 0.1) is 17.2 Å². The number of furan rings is 1. The maximum absolute atomic E-state index is 12.5. The SMILES string of the molecule is Cc1coc(C(=O)Nc2ccc(C(=O)NCCCn3c(=O)[nH]c4ccccc4c3=O)cc2)c1. The Kier molecular flexibility index (Phi) is 6.21. The Morgan fingerprint density at radius 2 is 1.79 bits per heavy atom. The van der Waals surface area contributed by atoms with E-state index in [0.29, 0.717) is 28.6 Å². The maximum Gasteiger partial charge on any atom is 0.328 e. The number of aromatic nitrogens is 2. The van der Waals surface area contributed by atoms with E-state index in [4.69, 9.17) is 4.42 Å². The minimum absolute atomic E-state index is 0.177. The van der Waals surface area contributed by atoms with Gasteiger partial charge in [0.25, 0.3) is 17.4 Å². The molecule has 4 rings (SSSR count). The van der Waals surface area contributed by atoms with Gasteiger partial charge in [0.1, 0.15) is 0 Å². The van der Waals surface area contributed by atoms with Gasteiger partial charge in [-0.3, -0.25) is 19.0 Å². The van der Waals surface area contributed by atoms with Crippen molar-refractivity contribution in [3.63, 3.8) is 0 Å². The predicted octanol–water partition coefficient (Wildman–Crippen LogP) is 2.66. The number of hydrogen-bond donors (Lipinski definition) is 3. The van der Waals surface area contributed by atoms with Crippen LogP contribution in [0.4, 0.5) is 5.69 Å². The Hall–Kier alpha value is -4.40. The topological polar surface area (TPSA) is 126 Å². The van der Waals surface area contributed by atoms with Gasteiger partial charge in [0.2, 0.25) is 0 Å². The maximum atomic E-state index is 12.5. The van der Waals surface area contributed by atoms with Crippen LogP contribution in [0.2, 0.25) is 0 Å². The lowest BCUT2D eigenvalue weighted by Gasteiger charge is -2.08. The minimum atomic E-state index is -0.479. The van der Waals surface area contributed by atoms with Gasteiger partial charge in [-0.2, -0.15) is 0 Å². The van der Waals surface area contributed by atoms with Gasteiger partial charge >= 0.3 is 5.69 Å². The van der Waals surface area contributed by atoms with Crippen LogP contribution in [-0.4, -0.2) is 27.9 Å². The van der Waals surface area contributed by atoms with E-state index >= 15 is 0 Å². The number of aryl methyl sites for hydroxylation is 1. The molecule has 0 saturated heterocycles. The number of amides is 2. The Balaban J connectivity index is 1.30. The lowest BCUT2D eigenvalue weighted by atomic mass is 10.2. The second-order valence-electron chi connectivity index (χ2n) is 7.56. The number of hydrogen-bond acceptors (Lipinski definition) is 5. The molecule has 0 spiro atoms. The van der Waals surface area contributed by atoms with E-state index < -0.39 is 5.69 Å². The van der Waals surface area contributed by atoms with Gasteiger partial charge in [-0.25, -0.2) is 4.79 Å².